The van der Waals surface area contributed by atoms with Crippen molar-refractivity contribution < 1.29 is 14.3 Å². The molecule has 1 N–H and O–H groups in total. The Morgan fingerprint density at radius 1 is 1.20 bits per heavy atom. The summed E-state index contributed by atoms with van der Waals surface area (Å²) in [5.41, 5.74) is 1.02. The van der Waals surface area contributed by atoms with Crippen molar-refractivity contribution in [3.63, 3.8) is 0 Å². The fraction of sp³-hybridized carbons (Fsp3) is 0.133. The second-order valence-electron chi connectivity index (χ2n) is 4.35. The van der Waals surface area contributed by atoms with E-state index in [2.05, 4.69) is 31.9 Å². The minimum Gasteiger partial charge on any atom is -0.481 e. The van der Waals surface area contributed by atoms with Crippen LogP contribution in [0.2, 0.25) is 0 Å². The summed E-state index contributed by atoms with van der Waals surface area (Å²) in [6.07, 6.45) is 0.100. The lowest BCUT2D eigenvalue weighted by Gasteiger charge is -2.15. The molecule has 0 fully saturated rings. The van der Waals surface area contributed by atoms with Crippen LogP contribution < -0.4 is 0 Å². The number of rotatable bonds is 4. The van der Waals surface area contributed by atoms with Crippen LogP contribution in [0.4, 0.5) is 4.39 Å². The highest BCUT2D eigenvalue weighted by atomic mass is 79.9. The molecular formula is C15H11Br2FO2. The summed E-state index contributed by atoms with van der Waals surface area (Å²) in [5.74, 6) is -2.17. The average molecular weight is 402 g/mol. The van der Waals surface area contributed by atoms with Gasteiger partial charge in [0, 0.05) is 8.95 Å². The lowest BCUT2D eigenvalue weighted by Crippen LogP contribution is -2.15. The van der Waals surface area contributed by atoms with Crippen molar-refractivity contribution in [1.82, 2.24) is 0 Å². The van der Waals surface area contributed by atoms with Crippen LogP contribution in [0.5, 0.6) is 0 Å². The molecule has 0 spiro atoms. The molecule has 0 heterocycles. The van der Waals surface area contributed by atoms with E-state index in [0.29, 0.717) is 15.6 Å². The predicted octanol–water partition coefficient (Wildman–Crippen LogP) is 4.76. The van der Waals surface area contributed by atoms with Gasteiger partial charge in [-0.3, -0.25) is 4.79 Å². The number of carboxylic acids is 1. The van der Waals surface area contributed by atoms with E-state index in [9.17, 15) is 14.3 Å². The van der Waals surface area contributed by atoms with E-state index in [1.807, 2.05) is 6.07 Å². The molecule has 0 amide bonds. The van der Waals surface area contributed by atoms with E-state index in [4.69, 9.17) is 0 Å². The highest BCUT2D eigenvalue weighted by molar-refractivity contribution is 9.10. The maximum atomic E-state index is 13.8. The van der Waals surface area contributed by atoms with Crippen LogP contribution in [-0.2, 0) is 11.2 Å². The third kappa shape index (κ3) is 3.46. The summed E-state index contributed by atoms with van der Waals surface area (Å²) in [6.45, 7) is 0. The highest BCUT2D eigenvalue weighted by Crippen LogP contribution is 2.29. The van der Waals surface area contributed by atoms with E-state index in [-0.39, 0.29) is 6.42 Å². The van der Waals surface area contributed by atoms with Crippen LogP contribution in [0.15, 0.2) is 51.4 Å². The zero-order valence-electron chi connectivity index (χ0n) is 10.3. The van der Waals surface area contributed by atoms with Gasteiger partial charge in [0.15, 0.2) is 0 Å². The maximum absolute atomic E-state index is 13.8. The largest absolute Gasteiger partial charge is 0.481 e. The van der Waals surface area contributed by atoms with Crippen molar-refractivity contribution in [3.8, 4) is 0 Å². The summed E-state index contributed by atoms with van der Waals surface area (Å²) in [4.78, 5) is 11.5. The van der Waals surface area contributed by atoms with Gasteiger partial charge in [0.25, 0.3) is 0 Å². The minimum absolute atomic E-state index is 0.100. The van der Waals surface area contributed by atoms with Crippen molar-refractivity contribution in [2.45, 2.75) is 12.3 Å². The summed E-state index contributed by atoms with van der Waals surface area (Å²) in [6, 6.07) is 11.6. The molecular weight excluding hydrogens is 391 g/mol. The third-order valence-electron chi connectivity index (χ3n) is 3.01. The third-order valence-corrected chi connectivity index (χ3v) is 4.23. The molecule has 2 aromatic rings. The molecule has 0 aliphatic heterocycles. The second-order valence-corrected chi connectivity index (χ2v) is 6.12. The first-order chi connectivity index (χ1) is 9.49. The van der Waals surface area contributed by atoms with Gasteiger partial charge < -0.3 is 5.11 Å². The van der Waals surface area contributed by atoms with Gasteiger partial charge in [-0.2, -0.15) is 0 Å². The molecule has 0 radical (unpaired) electrons. The number of aliphatic carboxylic acids is 1. The van der Waals surface area contributed by atoms with Crippen LogP contribution in [0.25, 0.3) is 0 Å². The number of halogens is 3. The van der Waals surface area contributed by atoms with Crippen molar-refractivity contribution in [2.24, 2.45) is 0 Å². The Bertz CT molecular complexity index is 644. The van der Waals surface area contributed by atoms with Gasteiger partial charge in [-0.15, -0.1) is 0 Å². The number of hydrogen-bond donors (Lipinski definition) is 1. The zero-order valence-corrected chi connectivity index (χ0v) is 13.5. The van der Waals surface area contributed by atoms with Gasteiger partial charge in [-0.1, -0.05) is 50.1 Å². The van der Waals surface area contributed by atoms with Gasteiger partial charge in [0.2, 0.25) is 0 Å². The molecule has 2 aromatic carbocycles. The van der Waals surface area contributed by atoms with Gasteiger partial charge in [0.1, 0.15) is 5.82 Å². The molecule has 0 bridgehead atoms. The lowest BCUT2D eigenvalue weighted by atomic mass is 9.92. The first kappa shape index (κ1) is 15.2. The number of benzene rings is 2. The van der Waals surface area contributed by atoms with Crippen molar-refractivity contribution in [1.29, 1.82) is 0 Å². The molecule has 2 rings (SSSR count). The minimum atomic E-state index is -0.976. The second kappa shape index (κ2) is 6.50. The Morgan fingerprint density at radius 2 is 1.90 bits per heavy atom. The normalized spacial score (nSPS) is 12.2. The molecule has 0 aliphatic rings. The van der Waals surface area contributed by atoms with E-state index in [0.717, 1.165) is 4.47 Å². The van der Waals surface area contributed by atoms with Gasteiger partial charge in [-0.05, 0) is 41.8 Å². The maximum Gasteiger partial charge on any atom is 0.311 e. The number of hydrogen-bond acceptors (Lipinski definition) is 1. The van der Waals surface area contributed by atoms with E-state index in [1.54, 1.807) is 30.3 Å². The molecule has 1 unspecified atom stereocenters. The molecule has 0 saturated heterocycles. The fourth-order valence-electron chi connectivity index (χ4n) is 2.01. The topological polar surface area (TPSA) is 37.3 Å². The highest BCUT2D eigenvalue weighted by Gasteiger charge is 2.23. The summed E-state index contributed by atoms with van der Waals surface area (Å²) >= 11 is 6.62. The molecule has 1 atom stereocenters. The lowest BCUT2D eigenvalue weighted by molar-refractivity contribution is -0.138. The molecule has 2 nitrogen and oxygen atoms in total. The van der Waals surface area contributed by atoms with Crippen molar-refractivity contribution in [3.05, 3.63) is 68.4 Å². The SMILES string of the molecule is O=C(O)C(Cc1cc(Br)ccc1F)c1ccccc1Br. The monoisotopic (exact) mass is 400 g/mol. The number of carboxylic acid groups (broad SMARTS) is 1. The Morgan fingerprint density at radius 3 is 2.55 bits per heavy atom. The average Bonchev–Trinajstić information content (AvgIpc) is 2.40. The zero-order chi connectivity index (χ0) is 14.7. The van der Waals surface area contributed by atoms with Crippen LogP contribution in [-0.4, -0.2) is 11.1 Å². The van der Waals surface area contributed by atoms with Gasteiger partial charge in [0.05, 0.1) is 5.92 Å². The predicted molar refractivity (Wildman–Crippen MR) is 82.3 cm³/mol. The van der Waals surface area contributed by atoms with Crippen molar-refractivity contribution >= 4 is 37.8 Å². The van der Waals surface area contributed by atoms with Crippen molar-refractivity contribution in [2.75, 3.05) is 0 Å². The first-order valence-corrected chi connectivity index (χ1v) is 7.49. The quantitative estimate of drug-likeness (QED) is 0.801. The van der Waals surface area contributed by atoms with E-state index in [1.165, 1.54) is 6.07 Å². The Balaban J connectivity index is 2.38. The Hall–Kier alpha value is -1.20. The van der Waals surface area contributed by atoms with E-state index < -0.39 is 17.7 Å². The van der Waals surface area contributed by atoms with Crippen LogP contribution in [0.1, 0.15) is 17.0 Å². The standard InChI is InChI=1S/C15H11Br2FO2/c16-10-5-6-14(18)9(7-10)8-12(15(19)20)11-3-1-2-4-13(11)17/h1-7,12H,8H2,(H,19,20). The summed E-state index contributed by atoms with van der Waals surface area (Å²) in [7, 11) is 0. The molecule has 104 valence electrons. The summed E-state index contributed by atoms with van der Waals surface area (Å²) < 4.78 is 15.2. The van der Waals surface area contributed by atoms with Crippen LogP contribution in [0, 0.1) is 5.82 Å². The fourth-order valence-corrected chi connectivity index (χ4v) is 2.98. The Kier molecular flexibility index (Phi) is 4.94. The smallest absolute Gasteiger partial charge is 0.311 e. The number of carbonyl (C=O) groups is 1. The molecule has 20 heavy (non-hydrogen) atoms. The Labute approximate surface area is 132 Å². The molecule has 0 aliphatic carbocycles. The molecule has 5 heteroatoms. The van der Waals surface area contributed by atoms with Gasteiger partial charge >= 0.3 is 5.97 Å². The van der Waals surface area contributed by atoms with Crippen LogP contribution >= 0.6 is 31.9 Å². The van der Waals surface area contributed by atoms with Crippen LogP contribution in [0.3, 0.4) is 0 Å². The first-order valence-electron chi connectivity index (χ1n) is 5.90. The summed E-state index contributed by atoms with van der Waals surface area (Å²) in [5, 5.41) is 9.42. The van der Waals surface area contributed by atoms with Gasteiger partial charge in [-0.25, -0.2) is 4.39 Å². The molecule has 0 aromatic heterocycles. The molecule has 0 saturated carbocycles. The van der Waals surface area contributed by atoms with E-state index >= 15 is 0 Å².